The molecule has 1 amide bonds. The van der Waals surface area contributed by atoms with Crippen molar-refractivity contribution in [2.24, 2.45) is 0 Å². The summed E-state index contributed by atoms with van der Waals surface area (Å²) in [5, 5.41) is 11.5. The second-order valence-electron chi connectivity index (χ2n) is 6.06. The summed E-state index contributed by atoms with van der Waals surface area (Å²) in [6.07, 6.45) is 6.74. The van der Waals surface area contributed by atoms with E-state index in [1.807, 2.05) is 18.2 Å². The Morgan fingerprint density at radius 1 is 1.22 bits per heavy atom. The minimum atomic E-state index is -0.118. The number of nitrogen functional groups attached to an aromatic ring is 1. The monoisotopic (exact) mass is 382 g/mol. The summed E-state index contributed by atoms with van der Waals surface area (Å²) in [7, 11) is 0. The lowest BCUT2D eigenvalue weighted by Crippen LogP contribution is -2.16. The predicted octanol–water partition coefficient (Wildman–Crippen LogP) is 3.13. The average molecular weight is 382 g/mol. The van der Waals surface area contributed by atoms with Gasteiger partial charge in [0.25, 0.3) is 0 Å². The zero-order valence-electron chi connectivity index (χ0n) is 15.1. The number of anilines is 1. The molecule has 0 bridgehead atoms. The fraction of sp³-hybridized carbons (Fsp3) is 0.263. The molecule has 0 radical (unpaired) electrons. The standard InChI is InChI=1S/C19H22N6OS/c1-2-3-5-14-7-9-16(10-8-14)22-17(26)13-27-19-24-23-18(25(19)20)15-6-4-11-21-12-15/h4,6-12H,2-3,5,13,20H2,1H3,(H,22,26). The number of rotatable bonds is 8. The van der Waals surface area contributed by atoms with Crippen LogP contribution in [0.15, 0.2) is 53.9 Å². The van der Waals surface area contributed by atoms with Crippen molar-refractivity contribution in [1.29, 1.82) is 0 Å². The van der Waals surface area contributed by atoms with E-state index in [0.717, 1.165) is 17.7 Å². The minimum Gasteiger partial charge on any atom is -0.335 e. The molecule has 3 rings (SSSR count). The van der Waals surface area contributed by atoms with Crippen LogP contribution < -0.4 is 11.2 Å². The quantitative estimate of drug-likeness (QED) is 0.459. The number of nitrogens with zero attached hydrogens (tertiary/aromatic N) is 4. The molecular weight excluding hydrogens is 360 g/mol. The van der Waals surface area contributed by atoms with E-state index in [1.165, 1.54) is 34.8 Å². The summed E-state index contributed by atoms with van der Waals surface area (Å²) in [5.74, 6) is 6.63. The van der Waals surface area contributed by atoms with E-state index in [4.69, 9.17) is 5.84 Å². The summed E-state index contributed by atoms with van der Waals surface area (Å²) >= 11 is 1.24. The van der Waals surface area contributed by atoms with Crippen molar-refractivity contribution in [3.8, 4) is 11.4 Å². The Balaban J connectivity index is 1.54. The van der Waals surface area contributed by atoms with Crippen LogP contribution in [0.1, 0.15) is 25.3 Å². The number of carbonyl (C=O) groups is 1. The highest BCUT2D eigenvalue weighted by molar-refractivity contribution is 7.99. The molecule has 8 heteroatoms. The SMILES string of the molecule is CCCCc1ccc(NC(=O)CSc2nnc(-c3cccnc3)n2N)cc1. The van der Waals surface area contributed by atoms with E-state index < -0.39 is 0 Å². The van der Waals surface area contributed by atoms with Crippen LogP contribution in [0, 0.1) is 0 Å². The topological polar surface area (TPSA) is 98.7 Å². The number of benzene rings is 1. The van der Waals surface area contributed by atoms with Gasteiger partial charge < -0.3 is 11.2 Å². The zero-order chi connectivity index (χ0) is 19.1. The summed E-state index contributed by atoms with van der Waals surface area (Å²) in [4.78, 5) is 16.2. The van der Waals surface area contributed by atoms with Gasteiger partial charge in [-0.15, -0.1) is 10.2 Å². The number of carbonyl (C=O) groups excluding carboxylic acids is 1. The summed E-state index contributed by atoms with van der Waals surface area (Å²) in [6.45, 7) is 2.17. The van der Waals surface area contributed by atoms with Crippen molar-refractivity contribution in [2.75, 3.05) is 16.9 Å². The molecule has 0 saturated carbocycles. The Morgan fingerprint density at radius 3 is 2.74 bits per heavy atom. The Labute approximate surface area is 162 Å². The second kappa shape index (κ2) is 9.18. The van der Waals surface area contributed by atoms with Crippen molar-refractivity contribution in [3.05, 3.63) is 54.4 Å². The molecule has 2 aromatic heterocycles. The van der Waals surface area contributed by atoms with Gasteiger partial charge in [0.05, 0.1) is 5.75 Å². The number of pyridine rings is 1. The van der Waals surface area contributed by atoms with E-state index >= 15 is 0 Å². The number of hydrogen-bond acceptors (Lipinski definition) is 6. The molecule has 0 aliphatic carbocycles. The molecule has 3 N–H and O–H groups in total. The van der Waals surface area contributed by atoms with Gasteiger partial charge in [-0.25, -0.2) is 4.68 Å². The van der Waals surface area contributed by atoms with E-state index in [1.54, 1.807) is 18.5 Å². The van der Waals surface area contributed by atoms with E-state index in [2.05, 4.69) is 39.6 Å². The number of hydrogen-bond donors (Lipinski definition) is 2. The van der Waals surface area contributed by atoms with Crippen molar-refractivity contribution < 1.29 is 4.79 Å². The fourth-order valence-electron chi connectivity index (χ4n) is 2.53. The Hall–Kier alpha value is -2.87. The Bertz CT molecular complexity index is 879. The number of nitrogens with one attached hydrogen (secondary N) is 1. The van der Waals surface area contributed by atoms with Gasteiger partial charge in [-0.1, -0.05) is 37.2 Å². The van der Waals surface area contributed by atoms with Crippen LogP contribution in [0.4, 0.5) is 5.69 Å². The van der Waals surface area contributed by atoms with Gasteiger partial charge in [-0.05, 0) is 42.7 Å². The maximum atomic E-state index is 12.2. The first kappa shape index (κ1) is 18.9. The highest BCUT2D eigenvalue weighted by atomic mass is 32.2. The van der Waals surface area contributed by atoms with Gasteiger partial charge in [0.1, 0.15) is 0 Å². The third-order valence-corrected chi connectivity index (χ3v) is 4.92. The Kier molecular flexibility index (Phi) is 6.43. The van der Waals surface area contributed by atoms with Gasteiger partial charge in [0.2, 0.25) is 11.1 Å². The number of thioether (sulfide) groups is 1. The number of aryl methyl sites for hydroxylation is 1. The molecule has 3 aromatic rings. The molecule has 0 saturated heterocycles. The molecule has 0 atom stereocenters. The third-order valence-electron chi connectivity index (χ3n) is 3.97. The second-order valence-corrected chi connectivity index (χ2v) is 7.00. The van der Waals surface area contributed by atoms with Crippen LogP contribution in [0.5, 0.6) is 0 Å². The first-order valence-electron chi connectivity index (χ1n) is 8.80. The van der Waals surface area contributed by atoms with E-state index in [-0.39, 0.29) is 11.7 Å². The molecule has 7 nitrogen and oxygen atoms in total. The van der Waals surface area contributed by atoms with Crippen molar-refractivity contribution in [2.45, 2.75) is 31.3 Å². The molecule has 1 aromatic carbocycles. The fourth-order valence-corrected chi connectivity index (χ4v) is 3.19. The summed E-state index contributed by atoms with van der Waals surface area (Å²) in [6, 6.07) is 11.6. The molecule has 0 spiro atoms. The summed E-state index contributed by atoms with van der Waals surface area (Å²) < 4.78 is 1.37. The van der Waals surface area contributed by atoms with Gasteiger partial charge in [0, 0.05) is 23.6 Å². The number of unbranched alkanes of at least 4 members (excludes halogenated alkanes) is 1. The third kappa shape index (κ3) is 5.07. The van der Waals surface area contributed by atoms with E-state index in [9.17, 15) is 4.79 Å². The first-order chi connectivity index (χ1) is 13.2. The van der Waals surface area contributed by atoms with Crippen LogP contribution in [-0.2, 0) is 11.2 Å². The minimum absolute atomic E-state index is 0.118. The molecule has 0 fully saturated rings. The van der Waals surface area contributed by atoms with Gasteiger partial charge >= 0.3 is 0 Å². The Morgan fingerprint density at radius 2 is 2.04 bits per heavy atom. The van der Waals surface area contributed by atoms with Crippen molar-refractivity contribution in [1.82, 2.24) is 19.9 Å². The van der Waals surface area contributed by atoms with Crippen LogP contribution in [0.2, 0.25) is 0 Å². The van der Waals surface area contributed by atoms with Gasteiger partial charge in [-0.3, -0.25) is 9.78 Å². The molecule has 0 aliphatic heterocycles. The predicted molar refractivity (Wildman–Crippen MR) is 108 cm³/mol. The maximum absolute atomic E-state index is 12.2. The molecule has 0 unspecified atom stereocenters. The maximum Gasteiger partial charge on any atom is 0.234 e. The molecule has 0 aliphatic rings. The molecule has 2 heterocycles. The van der Waals surface area contributed by atoms with E-state index in [0.29, 0.717) is 11.0 Å². The summed E-state index contributed by atoms with van der Waals surface area (Å²) in [5.41, 5.74) is 2.83. The highest BCUT2D eigenvalue weighted by Crippen LogP contribution is 2.21. The highest BCUT2D eigenvalue weighted by Gasteiger charge is 2.14. The van der Waals surface area contributed by atoms with Gasteiger partial charge in [0.15, 0.2) is 5.82 Å². The van der Waals surface area contributed by atoms with Crippen molar-refractivity contribution in [3.63, 3.8) is 0 Å². The average Bonchev–Trinajstić information content (AvgIpc) is 3.07. The molecular formula is C19H22N6OS. The lowest BCUT2D eigenvalue weighted by atomic mass is 10.1. The van der Waals surface area contributed by atoms with Crippen LogP contribution in [-0.4, -0.2) is 31.5 Å². The molecule has 140 valence electrons. The smallest absolute Gasteiger partial charge is 0.234 e. The first-order valence-corrected chi connectivity index (χ1v) is 9.78. The largest absolute Gasteiger partial charge is 0.335 e. The van der Waals surface area contributed by atoms with Crippen LogP contribution in [0.25, 0.3) is 11.4 Å². The van der Waals surface area contributed by atoms with Gasteiger partial charge in [-0.2, -0.15) is 0 Å². The van der Waals surface area contributed by atoms with Crippen molar-refractivity contribution >= 4 is 23.4 Å². The lowest BCUT2D eigenvalue weighted by Gasteiger charge is -2.07. The normalized spacial score (nSPS) is 10.7. The molecule has 27 heavy (non-hydrogen) atoms. The lowest BCUT2D eigenvalue weighted by molar-refractivity contribution is -0.113. The number of nitrogens with two attached hydrogens (primary N) is 1. The number of aromatic nitrogens is 4. The van der Waals surface area contributed by atoms with Crippen LogP contribution >= 0.6 is 11.8 Å². The number of amides is 1. The zero-order valence-corrected chi connectivity index (χ0v) is 15.9. The van der Waals surface area contributed by atoms with Crippen LogP contribution in [0.3, 0.4) is 0 Å².